The Morgan fingerprint density at radius 2 is 2.33 bits per heavy atom. The third-order valence-corrected chi connectivity index (χ3v) is 1.82. The zero-order chi connectivity index (χ0) is 8.97. The van der Waals surface area contributed by atoms with Crippen LogP contribution in [-0.2, 0) is 0 Å². The monoisotopic (exact) mass is 230 g/mol. The number of aliphatic hydroxyl groups is 1. The van der Waals surface area contributed by atoms with Gasteiger partial charge in [-0.25, -0.2) is 4.39 Å². The van der Waals surface area contributed by atoms with Crippen molar-refractivity contribution >= 4 is 22.0 Å². The first kappa shape index (κ1) is 9.42. The molecule has 1 nitrogen and oxygen atoms in total. The predicted octanol–water partition coefficient (Wildman–Crippen LogP) is 2.75. The van der Waals surface area contributed by atoms with Gasteiger partial charge in [-0.1, -0.05) is 28.1 Å². The van der Waals surface area contributed by atoms with Crippen molar-refractivity contribution in [2.24, 2.45) is 0 Å². The third kappa shape index (κ3) is 2.75. The molecule has 0 aliphatic carbocycles. The molecular weight excluding hydrogens is 223 g/mol. The molecule has 0 amide bonds. The van der Waals surface area contributed by atoms with Crippen LogP contribution in [0.3, 0.4) is 0 Å². The molecule has 0 heterocycles. The summed E-state index contributed by atoms with van der Waals surface area (Å²) in [6.45, 7) is -0.549. The summed E-state index contributed by atoms with van der Waals surface area (Å²) >= 11 is 3.26. The van der Waals surface area contributed by atoms with E-state index >= 15 is 0 Å². The van der Waals surface area contributed by atoms with Gasteiger partial charge in [-0.2, -0.15) is 0 Å². The Hall–Kier alpha value is -0.670. The molecule has 1 aromatic carbocycles. The van der Waals surface area contributed by atoms with Crippen molar-refractivity contribution in [3.05, 3.63) is 40.1 Å². The van der Waals surface area contributed by atoms with Crippen molar-refractivity contribution in [3.63, 3.8) is 0 Å². The average molecular weight is 231 g/mol. The van der Waals surface area contributed by atoms with E-state index in [0.29, 0.717) is 0 Å². The summed E-state index contributed by atoms with van der Waals surface area (Å²) in [6, 6.07) is 7.20. The Bertz CT molecular complexity index is 296. The SMILES string of the molecule is OC/C(F)=C/c1cccc(Br)c1. The lowest BCUT2D eigenvalue weighted by Gasteiger charge is -1.94. The number of hydrogen-bond acceptors (Lipinski definition) is 1. The van der Waals surface area contributed by atoms with Crippen LogP contribution in [0.1, 0.15) is 5.56 Å². The first-order valence-electron chi connectivity index (χ1n) is 3.45. The smallest absolute Gasteiger partial charge is 0.126 e. The zero-order valence-electron chi connectivity index (χ0n) is 6.30. The average Bonchev–Trinajstić information content (AvgIpc) is 2.04. The van der Waals surface area contributed by atoms with E-state index in [1.54, 1.807) is 18.2 Å². The van der Waals surface area contributed by atoms with Gasteiger partial charge < -0.3 is 5.11 Å². The lowest BCUT2D eigenvalue weighted by atomic mass is 10.2. The standard InChI is InChI=1S/C9H8BrFO/c10-8-3-1-2-7(4-8)5-9(11)6-12/h1-5,12H,6H2/b9-5-. The van der Waals surface area contributed by atoms with E-state index in [1.807, 2.05) is 6.07 Å². The molecule has 0 aliphatic heterocycles. The van der Waals surface area contributed by atoms with Gasteiger partial charge in [0.15, 0.2) is 0 Å². The van der Waals surface area contributed by atoms with Crippen LogP contribution in [-0.4, -0.2) is 11.7 Å². The highest BCUT2D eigenvalue weighted by molar-refractivity contribution is 9.10. The van der Waals surface area contributed by atoms with E-state index in [2.05, 4.69) is 15.9 Å². The Morgan fingerprint density at radius 1 is 1.58 bits per heavy atom. The summed E-state index contributed by atoms with van der Waals surface area (Å²) in [4.78, 5) is 0. The van der Waals surface area contributed by atoms with Gasteiger partial charge in [0.1, 0.15) is 5.83 Å². The Labute approximate surface area is 78.7 Å². The summed E-state index contributed by atoms with van der Waals surface area (Å²) in [6.07, 6.45) is 1.30. The number of halogens is 2. The van der Waals surface area contributed by atoms with Crippen LogP contribution in [0.25, 0.3) is 6.08 Å². The lowest BCUT2D eigenvalue weighted by molar-refractivity contribution is 0.300. The van der Waals surface area contributed by atoms with Gasteiger partial charge in [0.05, 0.1) is 6.61 Å². The van der Waals surface area contributed by atoms with E-state index in [0.717, 1.165) is 10.0 Å². The third-order valence-electron chi connectivity index (χ3n) is 1.32. The topological polar surface area (TPSA) is 20.2 Å². The zero-order valence-corrected chi connectivity index (χ0v) is 7.88. The van der Waals surface area contributed by atoms with Gasteiger partial charge >= 0.3 is 0 Å². The summed E-state index contributed by atoms with van der Waals surface area (Å²) in [5.41, 5.74) is 0.732. The number of benzene rings is 1. The molecule has 0 saturated carbocycles. The highest BCUT2D eigenvalue weighted by Gasteiger charge is 1.93. The molecule has 3 heteroatoms. The van der Waals surface area contributed by atoms with Crippen molar-refractivity contribution in [2.45, 2.75) is 0 Å². The van der Waals surface area contributed by atoms with Gasteiger partial charge in [-0.15, -0.1) is 0 Å². The van der Waals surface area contributed by atoms with Crippen molar-refractivity contribution in [1.82, 2.24) is 0 Å². The minimum absolute atomic E-state index is 0.534. The number of aliphatic hydroxyl groups excluding tert-OH is 1. The van der Waals surface area contributed by atoms with Crippen LogP contribution in [0, 0.1) is 0 Å². The largest absolute Gasteiger partial charge is 0.389 e. The molecule has 0 aliphatic rings. The number of rotatable bonds is 2. The van der Waals surface area contributed by atoms with Crippen LogP contribution in [0.15, 0.2) is 34.6 Å². The van der Waals surface area contributed by atoms with E-state index in [4.69, 9.17) is 5.11 Å². The van der Waals surface area contributed by atoms with Gasteiger partial charge in [-0.3, -0.25) is 0 Å². The lowest BCUT2D eigenvalue weighted by Crippen LogP contribution is -1.81. The molecule has 0 bridgehead atoms. The fourth-order valence-electron chi connectivity index (χ4n) is 0.823. The molecule has 0 spiro atoms. The van der Waals surface area contributed by atoms with Crippen molar-refractivity contribution < 1.29 is 9.50 Å². The summed E-state index contributed by atoms with van der Waals surface area (Å²) < 4.78 is 13.4. The maximum absolute atomic E-state index is 12.5. The van der Waals surface area contributed by atoms with E-state index in [1.165, 1.54) is 6.08 Å². The summed E-state index contributed by atoms with van der Waals surface area (Å²) in [5, 5.41) is 8.41. The molecule has 0 fully saturated rings. The second kappa shape index (κ2) is 4.38. The van der Waals surface area contributed by atoms with Crippen molar-refractivity contribution in [3.8, 4) is 0 Å². The van der Waals surface area contributed by atoms with E-state index in [-0.39, 0.29) is 0 Å². The summed E-state index contributed by atoms with van der Waals surface area (Å²) in [5.74, 6) is -0.534. The molecule has 12 heavy (non-hydrogen) atoms. The van der Waals surface area contributed by atoms with Gasteiger partial charge in [0.25, 0.3) is 0 Å². The quantitative estimate of drug-likeness (QED) is 0.829. The molecule has 1 aromatic rings. The molecule has 1 rings (SSSR count). The van der Waals surface area contributed by atoms with Crippen LogP contribution in [0.4, 0.5) is 4.39 Å². The molecule has 0 atom stereocenters. The first-order valence-corrected chi connectivity index (χ1v) is 4.24. The Kier molecular flexibility index (Phi) is 3.44. The summed E-state index contributed by atoms with van der Waals surface area (Å²) in [7, 11) is 0. The molecule has 64 valence electrons. The van der Waals surface area contributed by atoms with Gasteiger partial charge in [0.2, 0.25) is 0 Å². The molecule has 0 aromatic heterocycles. The molecular formula is C9H8BrFO. The normalized spacial score (nSPS) is 11.8. The van der Waals surface area contributed by atoms with Gasteiger partial charge in [0, 0.05) is 4.47 Å². The van der Waals surface area contributed by atoms with Crippen LogP contribution >= 0.6 is 15.9 Å². The Morgan fingerprint density at radius 3 is 2.92 bits per heavy atom. The highest BCUT2D eigenvalue weighted by Crippen LogP contribution is 2.14. The highest BCUT2D eigenvalue weighted by atomic mass is 79.9. The fourth-order valence-corrected chi connectivity index (χ4v) is 1.24. The maximum atomic E-state index is 12.5. The van der Waals surface area contributed by atoms with Crippen LogP contribution in [0.5, 0.6) is 0 Å². The second-order valence-electron chi connectivity index (χ2n) is 2.30. The Balaban J connectivity index is 2.89. The molecule has 1 N–H and O–H groups in total. The fraction of sp³-hybridized carbons (Fsp3) is 0.111. The van der Waals surface area contributed by atoms with Gasteiger partial charge in [-0.05, 0) is 23.8 Å². The van der Waals surface area contributed by atoms with Crippen LogP contribution < -0.4 is 0 Å². The molecule has 0 saturated heterocycles. The maximum Gasteiger partial charge on any atom is 0.126 e. The first-order chi connectivity index (χ1) is 5.72. The predicted molar refractivity (Wildman–Crippen MR) is 50.3 cm³/mol. The van der Waals surface area contributed by atoms with E-state index < -0.39 is 12.4 Å². The van der Waals surface area contributed by atoms with Crippen LogP contribution in [0.2, 0.25) is 0 Å². The second-order valence-corrected chi connectivity index (χ2v) is 3.22. The number of hydrogen-bond donors (Lipinski definition) is 1. The van der Waals surface area contributed by atoms with Crippen molar-refractivity contribution in [2.75, 3.05) is 6.61 Å². The van der Waals surface area contributed by atoms with Crippen molar-refractivity contribution in [1.29, 1.82) is 0 Å². The minimum Gasteiger partial charge on any atom is -0.389 e. The molecule has 0 radical (unpaired) electrons. The minimum atomic E-state index is -0.549. The van der Waals surface area contributed by atoms with E-state index in [9.17, 15) is 4.39 Å². The molecule has 0 unspecified atom stereocenters.